The number of carbonyl (C=O) groups excluding carboxylic acids is 1. The fraction of sp³-hybridized carbons (Fsp3) is 0.480. The summed E-state index contributed by atoms with van der Waals surface area (Å²) in [7, 11) is 0. The number of halogens is 2. The van der Waals surface area contributed by atoms with Gasteiger partial charge in [0.15, 0.2) is 11.6 Å². The molecule has 2 aliphatic rings. The van der Waals surface area contributed by atoms with Crippen LogP contribution < -0.4 is 5.32 Å². The Kier molecular flexibility index (Phi) is 6.98. The summed E-state index contributed by atoms with van der Waals surface area (Å²) >= 11 is 0. The summed E-state index contributed by atoms with van der Waals surface area (Å²) in [5, 5.41) is 3.17. The van der Waals surface area contributed by atoms with Gasteiger partial charge in [-0.2, -0.15) is 0 Å². The minimum absolute atomic E-state index is 0.0430. The Balaban J connectivity index is 1.56. The van der Waals surface area contributed by atoms with E-state index in [9.17, 15) is 13.6 Å². The first-order chi connectivity index (χ1) is 15.1. The van der Waals surface area contributed by atoms with Crippen LogP contribution in [0.25, 0.3) is 11.1 Å². The molecule has 0 saturated carbocycles. The highest BCUT2D eigenvalue weighted by atomic mass is 19.2. The molecule has 1 N–H and O–H groups in total. The topological polar surface area (TPSA) is 47.6 Å². The predicted octanol–water partition coefficient (Wildman–Crippen LogP) is 4.51. The van der Waals surface area contributed by atoms with Gasteiger partial charge in [0, 0.05) is 26.4 Å². The maximum Gasteiger partial charge on any atom is 0.226 e. The van der Waals surface area contributed by atoms with Crippen LogP contribution in [0.2, 0.25) is 0 Å². The summed E-state index contributed by atoms with van der Waals surface area (Å²) in [6, 6.07) is 11.6. The quantitative estimate of drug-likeness (QED) is 0.735. The number of carbonyl (C=O) groups is 1. The largest absolute Gasteiger partial charge is 0.381 e. The Morgan fingerprint density at radius 1 is 1.03 bits per heavy atom. The fourth-order valence-electron chi connectivity index (χ4n) is 4.62. The number of ether oxygens (including phenoxy) is 2. The molecule has 0 spiro atoms. The van der Waals surface area contributed by atoms with Crippen molar-refractivity contribution < 1.29 is 23.0 Å². The molecule has 0 unspecified atom stereocenters. The monoisotopic (exact) mass is 429 g/mol. The minimum atomic E-state index is -0.875. The van der Waals surface area contributed by atoms with Crippen molar-refractivity contribution in [2.45, 2.75) is 32.1 Å². The van der Waals surface area contributed by atoms with Crippen molar-refractivity contribution >= 4 is 5.91 Å². The fourth-order valence-corrected chi connectivity index (χ4v) is 4.62. The molecule has 2 aromatic rings. The summed E-state index contributed by atoms with van der Waals surface area (Å²) in [4.78, 5) is 13.4. The van der Waals surface area contributed by atoms with E-state index in [2.05, 4.69) is 5.32 Å². The first kappa shape index (κ1) is 21.9. The van der Waals surface area contributed by atoms with Gasteiger partial charge in [-0.3, -0.25) is 4.79 Å². The van der Waals surface area contributed by atoms with Gasteiger partial charge in [0.2, 0.25) is 5.91 Å². The molecule has 1 amide bonds. The van der Waals surface area contributed by atoms with Crippen LogP contribution in [-0.4, -0.2) is 38.9 Å². The van der Waals surface area contributed by atoms with Gasteiger partial charge < -0.3 is 14.8 Å². The van der Waals surface area contributed by atoms with Crippen molar-refractivity contribution in [1.82, 2.24) is 5.32 Å². The van der Waals surface area contributed by atoms with Crippen LogP contribution in [-0.2, 0) is 20.7 Å². The molecule has 4 rings (SSSR count). The molecule has 2 fully saturated rings. The van der Waals surface area contributed by atoms with Crippen LogP contribution in [0.4, 0.5) is 8.78 Å². The third-order valence-electron chi connectivity index (χ3n) is 6.51. The molecule has 2 aromatic carbocycles. The highest BCUT2D eigenvalue weighted by molar-refractivity contribution is 5.83. The van der Waals surface area contributed by atoms with E-state index in [-0.39, 0.29) is 5.91 Å². The number of benzene rings is 2. The predicted molar refractivity (Wildman–Crippen MR) is 115 cm³/mol. The smallest absolute Gasteiger partial charge is 0.226 e. The Morgan fingerprint density at radius 3 is 2.58 bits per heavy atom. The van der Waals surface area contributed by atoms with Gasteiger partial charge in [-0.25, -0.2) is 8.78 Å². The molecule has 166 valence electrons. The van der Waals surface area contributed by atoms with Gasteiger partial charge in [0.05, 0.1) is 12.0 Å². The van der Waals surface area contributed by atoms with E-state index in [1.54, 1.807) is 6.07 Å². The van der Waals surface area contributed by atoms with Gasteiger partial charge in [-0.15, -0.1) is 0 Å². The molecule has 0 bridgehead atoms. The lowest BCUT2D eigenvalue weighted by atomic mass is 9.73. The van der Waals surface area contributed by atoms with E-state index in [1.807, 2.05) is 24.3 Å². The van der Waals surface area contributed by atoms with Gasteiger partial charge >= 0.3 is 0 Å². The van der Waals surface area contributed by atoms with Crippen LogP contribution >= 0.6 is 0 Å². The summed E-state index contributed by atoms with van der Waals surface area (Å²) in [5.74, 6) is -1.35. The molecule has 31 heavy (non-hydrogen) atoms. The van der Waals surface area contributed by atoms with Crippen molar-refractivity contribution in [2.24, 2.45) is 11.3 Å². The van der Waals surface area contributed by atoms with Crippen molar-refractivity contribution in [2.75, 3.05) is 33.0 Å². The molecule has 1 atom stereocenters. The van der Waals surface area contributed by atoms with Crippen LogP contribution in [0.5, 0.6) is 0 Å². The average molecular weight is 430 g/mol. The summed E-state index contributed by atoms with van der Waals surface area (Å²) in [6.07, 6.45) is 3.88. The van der Waals surface area contributed by atoms with E-state index in [4.69, 9.17) is 9.47 Å². The maximum absolute atomic E-state index is 13.9. The van der Waals surface area contributed by atoms with Crippen LogP contribution in [0.1, 0.15) is 31.2 Å². The minimum Gasteiger partial charge on any atom is -0.381 e. The molecule has 2 saturated heterocycles. The van der Waals surface area contributed by atoms with Gasteiger partial charge in [-0.1, -0.05) is 30.3 Å². The summed E-state index contributed by atoms with van der Waals surface area (Å²) < 4.78 is 38.4. The Morgan fingerprint density at radius 2 is 1.84 bits per heavy atom. The number of amides is 1. The highest BCUT2D eigenvalue weighted by Gasteiger charge is 2.40. The lowest BCUT2D eigenvalue weighted by molar-refractivity contribution is -0.137. The third-order valence-corrected chi connectivity index (χ3v) is 6.51. The maximum atomic E-state index is 13.9. The zero-order valence-electron chi connectivity index (χ0n) is 17.7. The molecular weight excluding hydrogens is 400 g/mol. The van der Waals surface area contributed by atoms with E-state index in [0.717, 1.165) is 36.6 Å². The summed E-state index contributed by atoms with van der Waals surface area (Å²) in [6.45, 7) is 3.18. The van der Waals surface area contributed by atoms with Crippen molar-refractivity contribution in [1.29, 1.82) is 0 Å². The van der Waals surface area contributed by atoms with Gasteiger partial charge in [-0.05, 0) is 66.8 Å². The first-order valence-electron chi connectivity index (χ1n) is 11.0. The van der Waals surface area contributed by atoms with Gasteiger partial charge in [0.25, 0.3) is 0 Å². The molecular formula is C25H29F2NO3. The van der Waals surface area contributed by atoms with E-state index in [0.29, 0.717) is 57.1 Å². The zero-order valence-corrected chi connectivity index (χ0v) is 17.7. The standard InChI is InChI=1S/C25H29F2NO3/c26-22-8-7-19(14-23(22)27)21-6-2-1-5-20(21)15-25(9-12-30-13-10-25)24(29)28-16-18-4-3-11-31-17-18/h1-2,5-8,14,18H,3-4,9-13,15-17H2,(H,28,29)/t18-/m1/s1. The van der Waals surface area contributed by atoms with Crippen LogP contribution in [0.3, 0.4) is 0 Å². The van der Waals surface area contributed by atoms with Crippen LogP contribution in [0, 0.1) is 23.0 Å². The second kappa shape index (κ2) is 9.88. The van der Waals surface area contributed by atoms with Crippen LogP contribution in [0.15, 0.2) is 42.5 Å². The SMILES string of the molecule is O=C(NC[C@H]1CCCOC1)C1(Cc2ccccc2-c2ccc(F)c(F)c2)CCOCC1. The molecule has 4 nitrogen and oxygen atoms in total. The Labute approximate surface area is 181 Å². The van der Waals surface area contributed by atoms with Crippen molar-refractivity contribution in [3.05, 3.63) is 59.7 Å². The highest BCUT2D eigenvalue weighted by Crippen LogP contribution is 2.38. The number of nitrogens with one attached hydrogen (secondary N) is 1. The molecule has 0 aliphatic carbocycles. The van der Waals surface area contributed by atoms with E-state index < -0.39 is 17.0 Å². The lowest BCUT2D eigenvalue weighted by Crippen LogP contribution is -2.47. The molecule has 6 heteroatoms. The summed E-state index contributed by atoms with van der Waals surface area (Å²) in [5.41, 5.74) is 1.80. The second-order valence-electron chi connectivity index (χ2n) is 8.65. The van der Waals surface area contributed by atoms with Gasteiger partial charge in [0.1, 0.15) is 0 Å². The van der Waals surface area contributed by atoms with Crippen molar-refractivity contribution in [3.63, 3.8) is 0 Å². The number of rotatable bonds is 6. The Bertz CT molecular complexity index is 905. The lowest BCUT2D eigenvalue weighted by Gasteiger charge is -2.37. The normalized spacial score (nSPS) is 20.9. The number of hydrogen-bond acceptors (Lipinski definition) is 3. The molecule has 0 radical (unpaired) electrons. The van der Waals surface area contributed by atoms with Crippen molar-refractivity contribution in [3.8, 4) is 11.1 Å². The molecule has 2 heterocycles. The second-order valence-corrected chi connectivity index (χ2v) is 8.65. The molecule has 0 aromatic heterocycles. The first-order valence-corrected chi connectivity index (χ1v) is 11.0. The van der Waals surface area contributed by atoms with E-state index in [1.165, 1.54) is 6.07 Å². The average Bonchev–Trinajstić information content (AvgIpc) is 2.81. The Hall–Kier alpha value is -2.31. The zero-order chi connectivity index (χ0) is 21.7. The number of hydrogen-bond donors (Lipinski definition) is 1. The van der Waals surface area contributed by atoms with E-state index >= 15 is 0 Å². The third kappa shape index (κ3) is 5.13. The molecule has 2 aliphatic heterocycles.